The second-order valence-corrected chi connectivity index (χ2v) is 6.52. The van der Waals surface area contributed by atoms with E-state index < -0.39 is 11.8 Å². The van der Waals surface area contributed by atoms with E-state index in [0.29, 0.717) is 17.1 Å². The quantitative estimate of drug-likeness (QED) is 0.752. The zero-order valence-electron chi connectivity index (χ0n) is 15.3. The minimum Gasteiger partial charge on any atom is -0.497 e. The van der Waals surface area contributed by atoms with Crippen LogP contribution in [0, 0.1) is 28.5 Å². The predicted octanol–water partition coefficient (Wildman–Crippen LogP) is 3.88. The van der Waals surface area contributed by atoms with Crippen LogP contribution in [0.4, 0.5) is 4.39 Å². The van der Waals surface area contributed by atoms with E-state index in [2.05, 4.69) is 11.2 Å². The summed E-state index contributed by atoms with van der Waals surface area (Å²) in [6, 6.07) is 15.6. The molecule has 0 fully saturated rings. The number of halogens is 1. The number of aryl methyl sites for hydroxylation is 1. The highest BCUT2D eigenvalue weighted by molar-refractivity contribution is 5.86. The van der Waals surface area contributed by atoms with Gasteiger partial charge in [0.05, 0.1) is 18.7 Å². The fourth-order valence-electron chi connectivity index (χ4n) is 3.54. The van der Waals surface area contributed by atoms with Crippen molar-refractivity contribution in [1.82, 2.24) is 9.78 Å². The van der Waals surface area contributed by atoms with Crippen LogP contribution in [-0.2, 0) is 7.05 Å². The second-order valence-electron chi connectivity index (χ2n) is 6.52. The highest BCUT2D eigenvalue weighted by Crippen LogP contribution is 2.46. The molecule has 28 heavy (non-hydrogen) atoms. The van der Waals surface area contributed by atoms with Crippen LogP contribution in [0.25, 0.3) is 11.3 Å². The third kappa shape index (κ3) is 2.79. The van der Waals surface area contributed by atoms with E-state index in [9.17, 15) is 9.65 Å². The van der Waals surface area contributed by atoms with Gasteiger partial charge in [-0.25, -0.2) is 9.07 Å². The van der Waals surface area contributed by atoms with Gasteiger partial charge in [0.1, 0.15) is 23.2 Å². The molecule has 0 aliphatic carbocycles. The molecule has 2 atom stereocenters. The lowest BCUT2D eigenvalue weighted by Gasteiger charge is -2.28. The maximum absolute atomic E-state index is 13.5. The van der Waals surface area contributed by atoms with Gasteiger partial charge in [0.15, 0.2) is 0 Å². The van der Waals surface area contributed by atoms with Crippen LogP contribution in [0.15, 0.2) is 48.5 Å². The van der Waals surface area contributed by atoms with Crippen LogP contribution in [-0.4, -0.2) is 22.8 Å². The van der Waals surface area contributed by atoms with Crippen molar-refractivity contribution >= 4 is 5.90 Å². The van der Waals surface area contributed by atoms with Crippen LogP contribution in [0.2, 0.25) is 0 Å². The maximum atomic E-state index is 13.5. The van der Waals surface area contributed by atoms with Gasteiger partial charge in [0, 0.05) is 18.5 Å². The van der Waals surface area contributed by atoms with Crippen molar-refractivity contribution in [3.05, 3.63) is 65.5 Å². The van der Waals surface area contributed by atoms with E-state index in [4.69, 9.17) is 14.9 Å². The van der Waals surface area contributed by atoms with E-state index in [-0.39, 0.29) is 11.7 Å². The standard InChI is InChI=1S/C21H17FN4O2/c1-26-21-18(19(25-26)13-5-9-15(27-2)10-6-13)17(16(11-23)20(24)28-21)12-3-7-14(22)8-4-12/h3-10,16-17,24H,1-2H3. The Balaban J connectivity index is 1.94. The van der Waals surface area contributed by atoms with Crippen LogP contribution in [0.5, 0.6) is 11.6 Å². The molecule has 0 saturated carbocycles. The predicted molar refractivity (Wildman–Crippen MR) is 101 cm³/mol. The Morgan fingerprint density at radius 3 is 2.46 bits per heavy atom. The molecule has 6 nitrogen and oxygen atoms in total. The van der Waals surface area contributed by atoms with E-state index in [1.165, 1.54) is 12.1 Å². The molecule has 1 aliphatic heterocycles. The summed E-state index contributed by atoms with van der Waals surface area (Å²) in [5.41, 5.74) is 2.92. The van der Waals surface area contributed by atoms with Gasteiger partial charge < -0.3 is 9.47 Å². The Morgan fingerprint density at radius 2 is 1.86 bits per heavy atom. The lowest BCUT2D eigenvalue weighted by Crippen LogP contribution is -2.31. The van der Waals surface area contributed by atoms with Gasteiger partial charge in [0.25, 0.3) is 0 Å². The molecule has 1 aromatic heterocycles. The summed E-state index contributed by atoms with van der Waals surface area (Å²) in [4.78, 5) is 0. The average Bonchev–Trinajstić information content (AvgIpc) is 3.04. The first-order valence-electron chi connectivity index (χ1n) is 8.66. The van der Waals surface area contributed by atoms with Crippen LogP contribution in [0.3, 0.4) is 0 Å². The number of aromatic nitrogens is 2. The minimum absolute atomic E-state index is 0.145. The van der Waals surface area contributed by atoms with Crippen molar-refractivity contribution in [3.8, 4) is 29.0 Å². The molecule has 140 valence electrons. The number of rotatable bonds is 3. The monoisotopic (exact) mass is 376 g/mol. The molecule has 0 spiro atoms. The number of nitrogens with zero attached hydrogens (tertiary/aromatic N) is 3. The summed E-state index contributed by atoms with van der Waals surface area (Å²) < 4.78 is 25.9. The van der Waals surface area contributed by atoms with Gasteiger partial charge in [-0.2, -0.15) is 10.4 Å². The van der Waals surface area contributed by atoms with Gasteiger partial charge in [-0.1, -0.05) is 12.1 Å². The largest absolute Gasteiger partial charge is 0.497 e. The zero-order valence-corrected chi connectivity index (χ0v) is 15.3. The molecule has 4 rings (SSSR count). The summed E-state index contributed by atoms with van der Waals surface area (Å²) in [6.45, 7) is 0. The first-order chi connectivity index (χ1) is 13.5. The van der Waals surface area contributed by atoms with E-state index in [1.54, 1.807) is 31.0 Å². The Hall–Kier alpha value is -3.66. The topological polar surface area (TPSA) is 83.9 Å². The summed E-state index contributed by atoms with van der Waals surface area (Å²) in [7, 11) is 3.33. The first-order valence-corrected chi connectivity index (χ1v) is 8.66. The van der Waals surface area contributed by atoms with Gasteiger partial charge in [-0.05, 0) is 42.0 Å². The highest BCUT2D eigenvalue weighted by Gasteiger charge is 2.41. The molecular weight excluding hydrogens is 359 g/mol. The van der Waals surface area contributed by atoms with Gasteiger partial charge in [0.2, 0.25) is 11.8 Å². The SMILES string of the molecule is COc1ccc(-c2nn(C)c3c2C(c2ccc(F)cc2)C(C#N)C(=N)O3)cc1. The second kappa shape index (κ2) is 6.82. The van der Waals surface area contributed by atoms with Crippen molar-refractivity contribution in [3.63, 3.8) is 0 Å². The molecule has 1 N–H and O–H groups in total. The van der Waals surface area contributed by atoms with Crippen molar-refractivity contribution in [2.75, 3.05) is 7.11 Å². The van der Waals surface area contributed by atoms with Crippen molar-refractivity contribution in [1.29, 1.82) is 10.7 Å². The number of nitriles is 1. The third-order valence-corrected chi connectivity index (χ3v) is 4.89. The molecule has 7 heteroatoms. The van der Waals surface area contributed by atoms with Crippen molar-refractivity contribution in [2.45, 2.75) is 5.92 Å². The Morgan fingerprint density at radius 1 is 1.18 bits per heavy atom. The summed E-state index contributed by atoms with van der Waals surface area (Å²) >= 11 is 0. The van der Waals surface area contributed by atoms with Gasteiger partial charge >= 0.3 is 0 Å². The number of benzene rings is 2. The van der Waals surface area contributed by atoms with Gasteiger partial charge in [-0.3, -0.25) is 5.41 Å². The van der Waals surface area contributed by atoms with Gasteiger partial charge in [-0.15, -0.1) is 0 Å². The zero-order chi connectivity index (χ0) is 19.8. The van der Waals surface area contributed by atoms with Crippen molar-refractivity contribution < 1.29 is 13.9 Å². The molecule has 0 amide bonds. The molecule has 0 bridgehead atoms. The first kappa shape index (κ1) is 17.7. The summed E-state index contributed by atoms with van der Waals surface area (Å²) in [5, 5.41) is 22.5. The van der Waals surface area contributed by atoms with Crippen LogP contribution >= 0.6 is 0 Å². The third-order valence-electron chi connectivity index (χ3n) is 4.89. The molecular formula is C21H17FN4O2. The number of nitrogens with one attached hydrogen (secondary N) is 1. The number of fused-ring (bicyclic) bond motifs is 1. The Kier molecular flexibility index (Phi) is 4.32. The van der Waals surface area contributed by atoms with E-state index in [0.717, 1.165) is 16.9 Å². The smallest absolute Gasteiger partial charge is 0.223 e. The fraction of sp³-hybridized carbons (Fsp3) is 0.190. The summed E-state index contributed by atoms with van der Waals surface area (Å²) in [5.74, 6) is -0.699. The maximum Gasteiger partial charge on any atom is 0.223 e. The number of hydrogen-bond acceptors (Lipinski definition) is 5. The highest BCUT2D eigenvalue weighted by atomic mass is 19.1. The number of methoxy groups -OCH3 is 1. The summed E-state index contributed by atoms with van der Waals surface area (Å²) in [6.07, 6.45) is 0. The molecule has 2 aromatic carbocycles. The molecule has 2 heterocycles. The Labute approximate surface area is 161 Å². The minimum atomic E-state index is -0.834. The average molecular weight is 376 g/mol. The molecule has 3 aromatic rings. The lowest BCUT2D eigenvalue weighted by atomic mass is 9.79. The number of hydrogen-bond donors (Lipinski definition) is 1. The van der Waals surface area contributed by atoms with E-state index >= 15 is 0 Å². The van der Waals surface area contributed by atoms with Crippen LogP contribution < -0.4 is 9.47 Å². The molecule has 0 radical (unpaired) electrons. The van der Waals surface area contributed by atoms with Crippen molar-refractivity contribution in [2.24, 2.45) is 13.0 Å². The fourth-order valence-corrected chi connectivity index (χ4v) is 3.54. The molecule has 2 unspecified atom stereocenters. The number of ether oxygens (including phenoxy) is 2. The normalized spacial score (nSPS) is 18.1. The molecule has 1 aliphatic rings. The lowest BCUT2D eigenvalue weighted by molar-refractivity contribution is 0.413. The Bertz CT molecular complexity index is 1080. The van der Waals surface area contributed by atoms with Crippen LogP contribution in [0.1, 0.15) is 17.0 Å². The molecule has 0 saturated heterocycles. The van der Waals surface area contributed by atoms with E-state index in [1.807, 2.05) is 24.3 Å².